The van der Waals surface area contributed by atoms with E-state index in [-0.39, 0.29) is 17.6 Å². The van der Waals surface area contributed by atoms with Gasteiger partial charge in [0, 0.05) is 22.4 Å². The largest absolute Gasteiger partial charge is 0.504 e. The van der Waals surface area contributed by atoms with Crippen LogP contribution in [0.15, 0.2) is 60.7 Å². The molecule has 3 N–H and O–H groups in total. The maximum absolute atomic E-state index is 14.5. The number of phenols is 1. The Balaban J connectivity index is 2.18. The number of hydrogen-bond donors (Lipinski definition) is 3. The molecular formula is C25H21F2NO4. The first kappa shape index (κ1) is 21.5. The monoisotopic (exact) mass is 437 g/mol. The van der Waals surface area contributed by atoms with Crippen LogP contribution in [0.1, 0.15) is 29.9 Å². The highest BCUT2D eigenvalue weighted by molar-refractivity contribution is 6.04. The summed E-state index contributed by atoms with van der Waals surface area (Å²) in [4.78, 5) is 11.3. The second-order valence-electron chi connectivity index (χ2n) is 8.25. The van der Waals surface area contributed by atoms with Gasteiger partial charge >= 0.3 is 5.97 Å². The highest BCUT2D eigenvalue weighted by atomic mass is 19.1. The molecule has 4 aromatic rings. The smallest absolute Gasteiger partial charge is 0.335 e. The second kappa shape index (κ2) is 7.76. The van der Waals surface area contributed by atoms with E-state index in [1.807, 2.05) is 0 Å². The molecule has 0 saturated carbocycles. The number of hydrogen-bond acceptors (Lipinski definition) is 3. The molecule has 1 aromatic heterocycles. The molecule has 0 bridgehead atoms. The lowest BCUT2D eigenvalue weighted by molar-refractivity contribution is 0.0697. The number of fused-ring (bicyclic) bond motifs is 1. The Morgan fingerprint density at radius 1 is 0.969 bits per heavy atom. The average molecular weight is 437 g/mol. The van der Waals surface area contributed by atoms with Crippen molar-refractivity contribution in [2.24, 2.45) is 0 Å². The third kappa shape index (κ3) is 3.40. The molecule has 4 rings (SSSR count). The van der Waals surface area contributed by atoms with Crippen LogP contribution in [0.3, 0.4) is 0 Å². The summed E-state index contributed by atoms with van der Waals surface area (Å²) in [7, 11) is 0. The number of aromatic carboxylic acids is 1. The number of aromatic nitrogens is 1. The van der Waals surface area contributed by atoms with E-state index in [4.69, 9.17) is 0 Å². The van der Waals surface area contributed by atoms with Crippen LogP contribution >= 0.6 is 0 Å². The Labute approximate surface area is 182 Å². The molecule has 164 valence electrons. The molecule has 0 spiro atoms. The van der Waals surface area contributed by atoms with E-state index < -0.39 is 28.8 Å². The fourth-order valence-corrected chi connectivity index (χ4v) is 3.97. The van der Waals surface area contributed by atoms with E-state index in [1.54, 1.807) is 42.7 Å². The summed E-state index contributed by atoms with van der Waals surface area (Å²) in [6.07, 6.45) is 0. The van der Waals surface area contributed by atoms with Crippen LogP contribution in [0, 0.1) is 11.6 Å². The molecule has 32 heavy (non-hydrogen) atoms. The molecule has 0 unspecified atom stereocenters. The molecule has 0 aliphatic heterocycles. The van der Waals surface area contributed by atoms with E-state index in [9.17, 15) is 28.9 Å². The molecule has 3 aromatic carbocycles. The van der Waals surface area contributed by atoms with Crippen molar-refractivity contribution in [1.29, 1.82) is 0 Å². The minimum absolute atomic E-state index is 0.0781. The van der Waals surface area contributed by atoms with Gasteiger partial charge in [-0.1, -0.05) is 26.0 Å². The van der Waals surface area contributed by atoms with Gasteiger partial charge in [0.05, 0.1) is 23.1 Å². The third-order valence-electron chi connectivity index (χ3n) is 5.60. The zero-order valence-corrected chi connectivity index (χ0v) is 17.4. The van der Waals surface area contributed by atoms with Gasteiger partial charge in [-0.25, -0.2) is 13.6 Å². The SMILES string of the molecule is CC(C)(CO)c1c(-c2ccc(C(=O)O)cc2)c2c(O)c(F)ccc2n1-c1ccc(F)cc1. The topological polar surface area (TPSA) is 82.7 Å². The Hall–Kier alpha value is -3.71. The van der Waals surface area contributed by atoms with E-state index in [1.165, 1.54) is 30.3 Å². The van der Waals surface area contributed by atoms with Crippen molar-refractivity contribution in [2.75, 3.05) is 6.61 Å². The van der Waals surface area contributed by atoms with Crippen molar-refractivity contribution in [2.45, 2.75) is 19.3 Å². The molecular weight excluding hydrogens is 416 g/mol. The number of carboxylic acids is 1. The summed E-state index contributed by atoms with van der Waals surface area (Å²) < 4.78 is 29.8. The standard InChI is InChI=1S/C25H21F2NO4/c1-25(2,13-29)23-20(14-3-5-15(6-4-14)24(31)32)21-19(12-11-18(27)22(21)30)28(23)17-9-7-16(26)8-10-17/h3-12,29-30H,13H2,1-2H3,(H,31,32). The van der Waals surface area contributed by atoms with Gasteiger partial charge in [-0.3, -0.25) is 0 Å². The number of benzene rings is 3. The molecule has 0 amide bonds. The van der Waals surface area contributed by atoms with Gasteiger partial charge < -0.3 is 19.9 Å². The molecule has 0 aliphatic rings. The number of aliphatic hydroxyl groups is 1. The molecule has 0 atom stereocenters. The van der Waals surface area contributed by atoms with E-state index in [2.05, 4.69) is 0 Å². The van der Waals surface area contributed by atoms with Crippen LogP contribution in [0.25, 0.3) is 27.7 Å². The maximum atomic E-state index is 14.5. The summed E-state index contributed by atoms with van der Waals surface area (Å²) in [5, 5.41) is 30.4. The Morgan fingerprint density at radius 3 is 2.16 bits per heavy atom. The number of halogens is 2. The van der Waals surface area contributed by atoms with E-state index >= 15 is 0 Å². The van der Waals surface area contributed by atoms with Gasteiger partial charge in [0.15, 0.2) is 11.6 Å². The fraction of sp³-hybridized carbons (Fsp3) is 0.160. The molecule has 5 nitrogen and oxygen atoms in total. The number of rotatable bonds is 5. The summed E-state index contributed by atoms with van der Waals surface area (Å²) in [5.74, 6) is -2.89. The fourth-order valence-electron chi connectivity index (χ4n) is 3.97. The van der Waals surface area contributed by atoms with Crippen LogP contribution in [0.2, 0.25) is 0 Å². The minimum atomic E-state index is -1.09. The lowest BCUT2D eigenvalue weighted by atomic mass is 9.84. The van der Waals surface area contributed by atoms with Gasteiger partial charge in [-0.2, -0.15) is 0 Å². The lowest BCUT2D eigenvalue weighted by Gasteiger charge is -2.27. The molecule has 0 fully saturated rings. The number of nitrogens with zero attached hydrogens (tertiary/aromatic N) is 1. The van der Waals surface area contributed by atoms with Crippen molar-refractivity contribution in [3.05, 3.63) is 83.6 Å². The zero-order chi connectivity index (χ0) is 23.2. The number of carboxylic acid groups (broad SMARTS) is 1. The Bertz CT molecular complexity index is 1320. The second-order valence-corrected chi connectivity index (χ2v) is 8.25. The van der Waals surface area contributed by atoms with Gasteiger partial charge in [0.2, 0.25) is 0 Å². The van der Waals surface area contributed by atoms with E-state index in [0.717, 1.165) is 6.07 Å². The molecule has 0 saturated heterocycles. The van der Waals surface area contributed by atoms with Crippen LogP contribution in [0.4, 0.5) is 8.78 Å². The average Bonchev–Trinajstić information content (AvgIpc) is 3.13. The third-order valence-corrected chi connectivity index (χ3v) is 5.60. The summed E-state index contributed by atoms with van der Waals surface area (Å²) in [5.41, 5.74) is 1.80. The first-order valence-electron chi connectivity index (χ1n) is 9.92. The van der Waals surface area contributed by atoms with Crippen molar-refractivity contribution in [1.82, 2.24) is 4.57 Å². The molecule has 7 heteroatoms. The first-order valence-corrected chi connectivity index (χ1v) is 9.92. The number of aromatic hydroxyl groups is 1. The predicted octanol–water partition coefficient (Wildman–Crippen LogP) is 5.25. The van der Waals surface area contributed by atoms with Crippen LogP contribution < -0.4 is 0 Å². The van der Waals surface area contributed by atoms with Crippen molar-refractivity contribution in [3.8, 4) is 22.6 Å². The van der Waals surface area contributed by atoms with Crippen LogP contribution in [-0.2, 0) is 5.41 Å². The highest BCUT2D eigenvalue weighted by Gasteiger charge is 2.33. The molecule has 1 heterocycles. The Morgan fingerprint density at radius 2 is 1.59 bits per heavy atom. The maximum Gasteiger partial charge on any atom is 0.335 e. The predicted molar refractivity (Wildman–Crippen MR) is 117 cm³/mol. The quantitative estimate of drug-likeness (QED) is 0.398. The van der Waals surface area contributed by atoms with Gasteiger partial charge in [0.1, 0.15) is 5.82 Å². The summed E-state index contributed by atoms with van der Waals surface area (Å²) in [6.45, 7) is 3.32. The van der Waals surface area contributed by atoms with E-state index in [0.29, 0.717) is 28.0 Å². The van der Waals surface area contributed by atoms with Crippen LogP contribution in [0.5, 0.6) is 5.75 Å². The molecule has 0 radical (unpaired) electrons. The zero-order valence-electron chi connectivity index (χ0n) is 17.4. The highest BCUT2D eigenvalue weighted by Crippen LogP contribution is 2.46. The van der Waals surface area contributed by atoms with Crippen molar-refractivity contribution in [3.63, 3.8) is 0 Å². The van der Waals surface area contributed by atoms with Crippen LogP contribution in [-0.4, -0.2) is 32.5 Å². The number of phenolic OH excluding ortho intramolecular Hbond substituents is 1. The number of aliphatic hydroxyl groups excluding tert-OH is 1. The van der Waals surface area contributed by atoms with Gasteiger partial charge in [-0.15, -0.1) is 0 Å². The summed E-state index contributed by atoms with van der Waals surface area (Å²) in [6, 6.07) is 14.4. The van der Waals surface area contributed by atoms with Gasteiger partial charge in [0.25, 0.3) is 0 Å². The lowest BCUT2D eigenvalue weighted by Crippen LogP contribution is -2.26. The van der Waals surface area contributed by atoms with Crippen molar-refractivity contribution >= 4 is 16.9 Å². The first-order chi connectivity index (χ1) is 15.2. The normalized spacial score (nSPS) is 11.8. The van der Waals surface area contributed by atoms with Crippen molar-refractivity contribution < 1.29 is 28.9 Å². The molecule has 0 aliphatic carbocycles. The number of carbonyl (C=O) groups is 1. The van der Waals surface area contributed by atoms with Gasteiger partial charge in [-0.05, 0) is 54.1 Å². The summed E-state index contributed by atoms with van der Waals surface area (Å²) >= 11 is 0. The Kier molecular flexibility index (Phi) is 5.22. The minimum Gasteiger partial charge on any atom is -0.504 e.